The van der Waals surface area contributed by atoms with E-state index in [9.17, 15) is 26.7 Å². The smallest absolute Gasteiger partial charge is 0.405 e. The van der Waals surface area contributed by atoms with E-state index in [0.29, 0.717) is 24.7 Å². The second-order valence-electron chi connectivity index (χ2n) is 8.83. The molecule has 0 radical (unpaired) electrons. The number of carbonyl (C=O) groups excluding carboxylic acids is 1. The van der Waals surface area contributed by atoms with Crippen LogP contribution in [0.1, 0.15) is 30.0 Å². The number of rotatable bonds is 9. The number of ether oxygens (including phenoxy) is 3. The van der Waals surface area contributed by atoms with Crippen molar-refractivity contribution in [3.05, 3.63) is 47.4 Å². The Kier molecular flexibility index (Phi) is 9.15. The van der Waals surface area contributed by atoms with Gasteiger partial charge in [-0.25, -0.2) is 4.98 Å². The number of hydrogen-bond acceptors (Lipinski definition) is 6. The maximum absolute atomic E-state index is 13.1. The summed E-state index contributed by atoms with van der Waals surface area (Å²) in [6.45, 7) is 0.857. The fourth-order valence-corrected chi connectivity index (χ4v) is 4.09. The number of nitrogens with one attached hydrogen (secondary N) is 2. The van der Waals surface area contributed by atoms with Crippen LogP contribution < -0.4 is 14.8 Å². The molecule has 1 unspecified atom stereocenters. The largest absolute Gasteiger partial charge is 0.496 e. The fourth-order valence-electron chi connectivity index (χ4n) is 4.09. The SMILES string of the molecule is C/C=C\C(=C/c1ncc(-c2cc(OC)c(C(=O)NCC(F)(F)F)c(OC(F)F)c2)[nH]1)C1(C)CN(C)CCO1. The van der Waals surface area contributed by atoms with Crippen LogP contribution in [0.2, 0.25) is 0 Å². The van der Waals surface area contributed by atoms with Crippen molar-refractivity contribution in [2.24, 2.45) is 0 Å². The Morgan fingerprint density at radius 2 is 2.05 bits per heavy atom. The number of allylic oxidation sites excluding steroid dienone is 1. The van der Waals surface area contributed by atoms with E-state index in [1.165, 1.54) is 12.3 Å². The number of likely N-dealkylation sites (N-methyl/N-ethyl adjacent to an activating group) is 1. The van der Waals surface area contributed by atoms with Crippen molar-refractivity contribution in [3.63, 3.8) is 0 Å². The quantitative estimate of drug-likeness (QED) is 0.353. The third kappa shape index (κ3) is 7.32. The number of amides is 1. The standard InChI is InChI=1S/C25H29F5N4O4/c1-5-6-16(24(2)14-34(3)7-8-37-24)11-20-31-12-17(33-20)15-9-18(36-4)21(19(10-15)38-23(26)27)22(35)32-13-25(28,29)30/h5-6,9-12,23H,7-8,13-14H2,1-4H3,(H,31,33)(H,32,35)/b6-5-,16-11+. The number of halogens is 5. The molecular weight excluding hydrogens is 515 g/mol. The average molecular weight is 545 g/mol. The van der Waals surface area contributed by atoms with E-state index in [1.54, 1.807) is 11.4 Å². The highest BCUT2D eigenvalue weighted by molar-refractivity contribution is 6.00. The lowest BCUT2D eigenvalue weighted by molar-refractivity contribution is -0.123. The van der Waals surface area contributed by atoms with E-state index < -0.39 is 42.2 Å². The molecule has 13 heteroatoms. The number of alkyl halides is 5. The Bertz CT molecular complexity index is 1190. The molecule has 1 aromatic carbocycles. The van der Waals surface area contributed by atoms with Gasteiger partial charge in [0, 0.05) is 18.7 Å². The number of carbonyl (C=O) groups is 1. The number of H-pyrrole nitrogens is 1. The molecule has 2 N–H and O–H groups in total. The summed E-state index contributed by atoms with van der Waals surface area (Å²) >= 11 is 0. The summed E-state index contributed by atoms with van der Waals surface area (Å²) in [5.74, 6) is -1.75. The van der Waals surface area contributed by atoms with Crippen molar-refractivity contribution in [2.45, 2.75) is 32.2 Å². The third-order valence-corrected chi connectivity index (χ3v) is 5.80. The van der Waals surface area contributed by atoms with Crippen LogP contribution in [-0.4, -0.2) is 79.6 Å². The summed E-state index contributed by atoms with van der Waals surface area (Å²) in [6, 6.07) is 2.42. The molecule has 1 amide bonds. The van der Waals surface area contributed by atoms with Crippen LogP contribution >= 0.6 is 0 Å². The Morgan fingerprint density at radius 1 is 1.34 bits per heavy atom. The zero-order chi connectivity index (χ0) is 28.1. The third-order valence-electron chi connectivity index (χ3n) is 5.80. The van der Waals surface area contributed by atoms with Crippen LogP contribution in [0, 0.1) is 0 Å². The van der Waals surface area contributed by atoms with E-state index in [0.717, 1.165) is 25.3 Å². The number of aromatic amines is 1. The summed E-state index contributed by atoms with van der Waals surface area (Å²) in [4.78, 5) is 22.0. The van der Waals surface area contributed by atoms with Crippen molar-refractivity contribution < 1.29 is 41.0 Å². The first-order valence-corrected chi connectivity index (χ1v) is 11.6. The molecular formula is C25H29F5N4O4. The Hall–Kier alpha value is -3.45. The molecule has 208 valence electrons. The van der Waals surface area contributed by atoms with E-state index in [2.05, 4.69) is 19.6 Å². The fraction of sp³-hybridized carbons (Fsp3) is 0.440. The second kappa shape index (κ2) is 11.9. The predicted octanol–water partition coefficient (Wildman–Crippen LogP) is 4.66. The Morgan fingerprint density at radius 3 is 2.66 bits per heavy atom. The number of benzene rings is 1. The van der Waals surface area contributed by atoms with Gasteiger partial charge in [-0.05, 0) is 44.7 Å². The highest BCUT2D eigenvalue weighted by Crippen LogP contribution is 2.36. The number of aromatic nitrogens is 2. The van der Waals surface area contributed by atoms with Gasteiger partial charge in [0.2, 0.25) is 0 Å². The van der Waals surface area contributed by atoms with E-state index in [4.69, 9.17) is 9.47 Å². The maximum atomic E-state index is 13.1. The average Bonchev–Trinajstić information content (AvgIpc) is 3.29. The van der Waals surface area contributed by atoms with Crippen molar-refractivity contribution in [2.75, 3.05) is 40.4 Å². The predicted molar refractivity (Wildman–Crippen MR) is 130 cm³/mol. The summed E-state index contributed by atoms with van der Waals surface area (Å²) in [5.41, 5.74) is 0.275. The van der Waals surface area contributed by atoms with Crippen LogP contribution in [0.5, 0.6) is 11.5 Å². The Balaban J connectivity index is 2.00. The highest BCUT2D eigenvalue weighted by Gasteiger charge is 2.34. The minimum Gasteiger partial charge on any atom is -0.496 e. The van der Waals surface area contributed by atoms with Gasteiger partial charge in [0.1, 0.15) is 35.0 Å². The molecule has 1 fully saturated rings. The summed E-state index contributed by atoms with van der Waals surface area (Å²) < 4.78 is 79.7. The maximum Gasteiger partial charge on any atom is 0.405 e. The van der Waals surface area contributed by atoms with E-state index >= 15 is 0 Å². The first-order chi connectivity index (χ1) is 17.8. The van der Waals surface area contributed by atoms with E-state index in [-0.39, 0.29) is 11.3 Å². The minimum atomic E-state index is -4.70. The van der Waals surface area contributed by atoms with Gasteiger partial charge in [-0.2, -0.15) is 22.0 Å². The summed E-state index contributed by atoms with van der Waals surface area (Å²) in [7, 11) is 3.15. The second-order valence-corrected chi connectivity index (χ2v) is 8.83. The van der Waals surface area contributed by atoms with Gasteiger partial charge in [-0.3, -0.25) is 4.79 Å². The normalized spacial score (nSPS) is 19.3. The zero-order valence-corrected chi connectivity index (χ0v) is 21.3. The molecule has 1 saturated heterocycles. The van der Waals surface area contributed by atoms with Gasteiger partial charge < -0.3 is 29.4 Å². The van der Waals surface area contributed by atoms with Gasteiger partial charge in [0.05, 0.1) is 25.6 Å². The molecule has 0 spiro atoms. The van der Waals surface area contributed by atoms with Crippen LogP contribution in [0.3, 0.4) is 0 Å². The zero-order valence-electron chi connectivity index (χ0n) is 21.3. The lowest BCUT2D eigenvalue weighted by Gasteiger charge is -2.39. The van der Waals surface area contributed by atoms with Crippen molar-refractivity contribution in [3.8, 4) is 22.8 Å². The number of morpholine rings is 1. The first-order valence-electron chi connectivity index (χ1n) is 11.6. The van der Waals surface area contributed by atoms with Crippen LogP contribution in [0.25, 0.3) is 17.3 Å². The first kappa shape index (κ1) is 29.1. The topological polar surface area (TPSA) is 88.7 Å². The molecule has 2 aromatic rings. The molecule has 1 atom stereocenters. The molecule has 1 aliphatic heterocycles. The van der Waals surface area contributed by atoms with Crippen LogP contribution in [-0.2, 0) is 4.74 Å². The molecule has 8 nitrogen and oxygen atoms in total. The van der Waals surface area contributed by atoms with Gasteiger partial charge in [-0.15, -0.1) is 0 Å². The molecule has 0 saturated carbocycles. The molecule has 0 aliphatic carbocycles. The summed E-state index contributed by atoms with van der Waals surface area (Å²) in [6.07, 6.45) is 2.33. The number of methoxy groups -OCH3 is 1. The van der Waals surface area contributed by atoms with Gasteiger partial charge in [-0.1, -0.05) is 12.2 Å². The van der Waals surface area contributed by atoms with Gasteiger partial charge in [0.25, 0.3) is 5.91 Å². The molecule has 1 aromatic heterocycles. The van der Waals surface area contributed by atoms with Crippen LogP contribution in [0.4, 0.5) is 22.0 Å². The van der Waals surface area contributed by atoms with Crippen molar-refractivity contribution in [1.82, 2.24) is 20.2 Å². The van der Waals surface area contributed by atoms with Crippen molar-refractivity contribution in [1.29, 1.82) is 0 Å². The molecule has 38 heavy (non-hydrogen) atoms. The highest BCUT2D eigenvalue weighted by atomic mass is 19.4. The van der Waals surface area contributed by atoms with Crippen LogP contribution in [0.15, 0.2) is 36.1 Å². The lowest BCUT2D eigenvalue weighted by Crippen LogP contribution is -2.49. The molecule has 0 bridgehead atoms. The van der Waals surface area contributed by atoms with Crippen molar-refractivity contribution >= 4 is 12.0 Å². The number of hydrogen-bond donors (Lipinski definition) is 2. The summed E-state index contributed by atoms with van der Waals surface area (Å²) in [5, 5.41) is 1.64. The molecule has 2 heterocycles. The van der Waals surface area contributed by atoms with E-state index in [1.807, 2.05) is 33.0 Å². The minimum absolute atomic E-state index is 0.254. The Labute approximate surface area is 216 Å². The lowest BCUT2D eigenvalue weighted by atomic mass is 9.92. The molecule has 1 aliphatic rings. The number of imidazole rings is 1. The van der Waals surface area contributed by atoms with Gasteiger partial charge >= 0.3 is 12.8 Å². The van der Waals surface area contributed by atoms with Gasteiger partial charge in [0.15, 0.2) is 0 Å². The molecule has 3 rings (SSSR count). The number of nitrogens with zero attached hydrogens (tertiary/aromatic N) is 2. The monoisotopic (exact) mass is 544 g/mol.